The molecule has 2 rings (SSSR count). The molecule has 1 fully saturated rings. The molecule has 0 saturated carbocycles. The molecule has 5 heteroatoms. The first-order chi connectivity index (χ1) is 7.98. The summed E-state index contributed by atoms with van der Waals surface area (Å²) in [6, 6.07) is 1.82. The molecule has 17 heavy (non-hydrogen) atoms. The highest BCUT2D eigenvalue weighted by Crippen LogP contribution is 2.29. The fourth-order valence-electron chi connectivity index (χ4n) is 2.17. The predicted octanol–water partition coefficient (Wildman–Crippen LogP) is 1.76. The lowest BCUT2D eigenvalue weighted by Gasteiger charge is -2.36. The maximum absolute atomic E-state index is 11.2. The molecular weight excluding hydrogens is 236 g/mol. The molecule has 1 aliphatic heterocycles. The summed E-state index contributed by atoms with van der Waals surface area (Å²) < 4.78 is 5.89. The Morgan fingerprint density at radius 1 is 1.65 bits per heavy atom. The molecule has 1 amide bonds. The van der Waals surface area contributed by atoms with Gasteiger partial charge in [0, 0.05) is 12.0 Å². The van der Waals surface area contributed by atoms with E-state index < -0.39 is 5.91 Å². The van der Waals surface area contributed by atoms with E-state index in [4.69, 9.17) is 10.5 Å². The molecule has 4 nitrogen and oxygen atoms in total. The van der Waals surface area contributed by atoms with E-state index in [-0.39, 0.29) is 11.6 Å². The number of primary amides is 1. The quantitative estimate of drug-likeness (QED) is 0.864. The molecule has 1 atom stereocenters. The van der Waals surface area contributed by atoms with Crippen molar-refractivity contribution in [2.24, 2.45) is 5.73 Å². The van der Waals surface area contributed by atoms with Crippen LogP contribution in [0.5, 0.6) is 5.75 Å². The van der Waals surface area contributed by atoms with E-state index >= 15 is 0 Å². The molecule has 94 valence electrons. The van der Waals surface area contributed by atoms with Crippen molar-refractivity contribution in [3.63, 3.8) is 0 Å². The standard InChI is InChI=1S/C12H18N2O2S/c1-12(2)7-8(3-5-14-12)16-9-4-6-17-10(9)11(13)15/h4,6,8,14H,3,5,7H2,1-2H3,(H2,13,15). The molecule has 1 aromatic heterocycles. The van der Waals surface area contributed by atoms with E-state index in [0.29, 0.717) is 10.6 Å². The van der Waals surface area contributed by atoms with Crippen LogP contribution in [0.2, 0.25) is 0 Å². The summed E-state index contributed by atoms with van der Waals surface area (Å²) in [5.41, 5.74) is 5.39. The monoisotopic (exact) mass is 254 g/mol. The maximum atomic E-state index is 11.2. The van der Waals surface area contributed by atoms with E-state index in [0.717, 1.165) is 19.4 Å². The van der Waals surface area contributed by atoms with E-state index in [9.17, 15) is 4.79 Å². The Hall–Kier alpha value is -1.07. The van der Waals surface area contributed by atoms with Gasteiger partial charge in [0.2, 0.25) is 0 Å². The van der Waals surface area contributed by atoms with Gasteiger partial charge in [-0.2, -0.15) is 0 Å². The van der Waals surface area contributed by atoms with Gasteiger partial charge < -0.3 is 15.8 Å². The molecule has 1 aliphatic rings. The van der Waals surface area contributed by atoms with Crippen molar-refractivity contribution in [3.8, 4) is 5.75 Å². The van der Waals surface area contributed by atoms with Gasteiger partial charge in [-0.05, 0) is 38.3 Å². The second-order valence-corrected chi connectivity index (χ2v) is 5.94. The highest BCUT2D eigenvalue weighted by Gasteiger charge is 2.29. The molecule has 1 saturated heterocycles. The van der Waals surface area contributed by atoms with Gasteiger partial charge in [0.15, 0.2) is 0 Å². The first-order valence-electron chi connectivity index (χ1n) is 5.77. The fourth-order valence-corrected chi connectivity index (χ4v) is 2.84. The lowest BCUT2D eigenvalue weighted by atomic mass is 9.91. The minimum Gasteiger partial charge on any atom is -0.489 e. The summed E-state index contributed by atoms with van der Waals surface area (Å²) in [7, 11) is 0. The van der Waals surface area contributed by atoms with Crippen molar-refractivity contribution >= 4 is 17.2 Å². The fraction of sp³-hybridized carbons (Fsp3) is 0.583. The first kappa shape index (κ1) is 12.4. The van der Waals surface area contributed by atoms with Crippen LogP contribution in [0.1, 0.15) is 36.4 Å². The molecule has 0 spiro atoms. The van der Waals surface area contributed by atoms with Gasteiger partial charge in [0.25, 0.3) is 5.91 Å². The summed E-state index contributed by atoms with van der Waals surface area (Å²) >= 11 is 1.33. The molecule has 1 aromatic rings. The minimum absolute atomic E-state index is 0.0891. The third kappa shape index (κ3) is 2.98. The lowest BCUT2D eigenvalue weighted by Crippen LogP contribution is -2.49. The SMILES string of the molecule is CC1(C)CC(Oc2ccsc2C(N)=O)CCN1. The van der Waals surface area contributed by atoms with Crippen molar-refractivity contribution < 1.29 is 9.53 Å². The number of nitrogens with one attached hydrogen (secondary N) is 1. The number of nitrogens with two attached hydrogens (primary N) is 1. The minimum atomic E-state index is -0.414. The Balaban J connectivity index is 2.05. The van der Waals surface area contributed by atoms with Crippen molar-refractivity contribution in [1.29, 1.82) is 0 Å². The number of hydrogen-bond acceptors (Lipinski definition) is 4. The molecule has 3 N–H and O–H groups in total. The van der Waals surface area contributed by atoms with Crippen LogP contribution in [0, 0.1) is 0 Å². The van der Waals surface area contributed by atoms with Crippen molar-refractivity contribution in [1.82, 2.24) is 5.32 Å². The largest absolute Gasteiger partial charge is 0.489 e. The number of amides is 1. The zero-order valence-electron chi connectivity index (χ0n) is 10.2. The normalized spacial score (nSPS) is 23.3. The molecule has 2 heterocycles. The van der Waals surface area contributed by atoms with Crippen LogP contribution in [-0.4, -0.2) is 24.1 Å². The Bertz CT molecular complexity index is 414. The van der Waals surface area contributed by atoms with Gasteiger partial charge >= 0.3 is 0 Å². The second-order valence-electron chi connectivity index (χ2n) is 5.02. The smallest absolute Gasteiger partial charge is 0.262 e. The maximum Gasteiger partial charge on any atom is 0.262 e. The first-order valence-corrected chi connectivity index (χ1v) is 6.65. The second kappa shape index (κ2) is 4.66. The third-order valence-electron chi connectivity index (χ3n) is 2.95. The Kier molecular flexibility index (Phi) is 3.40. The Morgan fingerprint density at radius 3 is 3.06 bits per heavy atom. The average molecular weight is 254 g/mol. The Labute approximate surface area is 105 Å². The highest BCUT2D eigenvalue weighted by atomic mass is 32.1. The number of carbonyl (C=O) groups excluding carboxylic acids is 1. The van der Waals surface area contributed by atoms with Crippen LogP contribution in [0.4, 0.5) is 0 Å². The predicted molar refractivity (Wildman–Crippen MR) is 68.6 cm³/mol. The highest BCUT2D eigenvalue weighted by molar-refractivity contribution is 7.12. The van der Waals surface area contributed by atoms with Crippen molar-refractivity contribution in [2.45, 2.75) is 38.3 Å². The Morgan fingerprint density at radius 2 is 2.41 bits per heavy atom. The van der Waals surface area contributed by atoms with Crippen LogP contribution in [0.15, 0.2) is 11.4 Å². The van der Waals surface area contributed by atoms with E-state index in [1.165, 1.54) is 11.3 Å². The molecule has 0 aromatic carbocycles. The van der Waals surface area contributed by atoms with Gasteiger partial charge in [-0.25, -0.2) is 0 Å². The third-order valence-corrected chi connectivity index (χ3v) is 3.86. The van der Waals surface area contributed by atoms with Gasteiger partial charge in [0.1, 0.15) is 16.7 Å². The molecular formula is C12H18N2O2S. The van der Waals surface area contributed by atoms with E-state index in [1.807, 2.05) is 11.4 Å². The van der Waals surface area contributed by atoms with Crippen molar-refractivity contribution in [2.75, 3.05) is 6.54 Å². The molecule has 0 aliphatic carbocycles. The van der Waals surface area contributed by atoms with Gasteiger partial charge in [-0.3, -0.25) is 4.79 Å². The van der Waals surface area contributed by atoms with Crippen molar-refractivity contribution in [3.05, 3.63) is 16.3 Å². The zero-order chi connectivity index (χ0) is 12.5. The lowest BCUT2D eigenvalue weighted by molar-refractivity contribution is 0.0974. The summed E-state index contributed by atoms with van der Waals surface area (Å²) in [5.74, 6) is 0.216. The number of ether oxygens (including phenoxy) is 1. The van der Waals surface area contributed by atoms with Crippen LogP contribution >= 0.6 is 11.3 Å². The number of carbonyl (C=O) groups is 1. The average Bonchev–Trinajstić information content (AvgIpc) is 2.64. The summed E-state index contributed by atoms with van der Waals surface area (Å²) in [6.45, 7) is 5.25. The van der Waals surface area contributed by atoms with Crippen LogP contribution in [-0.2, 0) is 0 Å². The summed E-state index contributed by atoms with van der Waals surface area (Å²) in [4.78, 5) is 11.7. The molecule has 0 bridgehead atoms. The van der Waals surface area contributed by atoms with Crippen LogP contribution in [0.25, 0.3) is 0 Å². The van der Waals surface area contributed by atoms with Crippen LogP contribution < -0.4 is 15.8 Å². The van der Waals surface area contributed by atoms with Gasteiger partial charge in [-0.1, -0.05) is 0 Å². The number of piperidine rings is 1. The number of rotatable bonds is 3. The summed E-state index contributed by atoms with van der Waals surface area (Å²) in [6.07, 6.45) is 2.04. The molecule has 1 unspecified atom stereocenters. The molecule has 0 radical (unpaired) electrons. The zero-order valence-corrected chi connectivity index (χ0v) is 11.0. The van der Waals surface area contributed by atoms with Crippen LogP contribution in [0.3, 0.4) is 0 Å². The number of thiophene rings is 1. The van der Waals surface area contributed by atoms with E-state index in [1.54, 1.807) is 0 Å². The topological polar surface area (TPSA) is 64.3 Å². The van der Waals surface area contributed by atoms with Gasteiger partial charge in [-0.15, -0.1) is 11.3 Å². The summed E-state index contributed by atoms with van der Waals surface area (Å²) in [5, 5.41) is 5.27. The number of hydrogen-bond donors (Lipinski definition) is 2. The van der Waals surface area contributed by atoms with Gasteiger partial charge in [0.05, 0.1) is 0 Å². The van der Waals surface area contributed by atoms with E-state index in [2.05, 4.69) is 19.2 Å².